The second-order valence-corrected chi connectivity index (χ2v) is 7.68. The van der Waals surface area contributed by atoms with Crippen LogP contribution in [0, 0.1) is 17.3 Å². The van der Waals surface area contributed by atoms with E-state index < -0.39 is 0 Å². The molecule has 110 valence electrons. The molecule has 0 aliphatic heterocycles. The van der Waals surface area contributed by atoms with Crippen LogP contribution in [0.1, 0.15) is 61.3 Å². The molecule has 0 heterocycles. The van der Waals surface area contributed by atoms with Gasteiger partial charge in [0.05, 0.1) is 0 Å². The van der Waals surface area contributed by atoms with Crippen molar-refractivity contribution in [1.82, 2.24) is 4.90 Å². The van der Waals surface area contributed by atoms with Gasteiger partial charge in [0.1, 0.15) is 0 Å². The summed E-state index contributed by atoms with van der Waals surface area (Å²) in [7, 11) is 0. The van der Waals surface area contributed by atoms with E-state index in [0.29, 0.717) is 5.41 Å². The van der Waals surface area contributed by atoms with E-state index in [0.717, 1.165) is 23.2 Å². The molecule has 0 N–H and O–H groups in total. The fourth-order valence-corrected chi connectivity index (χ4v) is 3.66. The SMILES string of the molecule is CCC(CC)N(CC(C)C)CC(CBr)C(C)(C)C. The van der Waals surface area contributed by atoms with Crippen molar-refractivity contribution in [2.45, 2.75) is 67.3 Å². The number of halogens is 1. The van der Waals surface area contributed by atoms with Crippen LogP contribution in [0.5, 0.6) is 0 Å². The van der Waals surface area contributed by atoms with Gasteiger partial charge in [-0.25, -0.2) is 0 Å². The van der Waals surface area contributed by atoms with E-state index in [9.17, 15) is 0 Å². The van der Waals surface area contributed by atoms with Crippen LogP contribution in [0.25, 0.3) is 0 Å². The molecule has 1 nitrogen and oxygen atoms in total. The van der Waals surface area contributed by atoms with Gasteiger partial charge in [0.15, 0.2) is 0 Å². The van der Waals surface area contributed by atoms with Crippen LogP contribution in [0.2, 0.25) is 0 Å². The van der Waals surface area contributed by atoms with E-state index in [1.165, 1.54) is 25.9 Å². The third-order valence-corrected chi connectivity index (χ3v) is 4.71. The first-order valence-electron chi connectivity index (χ1n) is 7.56. The predicted octanol–water partition coefficient (Wildman–Crippen LogP) is 5.19. The molecule has 0 amide bonds. The molecular weight excluding hydrogens is 286 g/mol. The second-order valence-electron chi connectivity index (χ2n) is 7.04. The third-order valence-electron chi connectivity index (χ3n) is 3.92. The second kappa shape index (κ2) is 8.58. The molecule has 1 unspecified atom stereocenters. The Morgan fingerprint density at radius 3 is 1.78 bits per heavy atom. The van der Waals surface area contributed by atoms with Gasteiger partial charge in [-0.3, -0.25) is 4.90 Å². The Bertz CT molecular complexity index is 204. The minimum atomic E-state index is 0.380. The smallest absolute Gasteiger partial charge is 0.00902 e. The van der Waals surface area contributed by atoms with Crippen LogP contribution in [-0.2, 0) is 0 Å². The molecule has 0 rings (SSSR count). The maximum absolute atomic E-state index is 3.71. The van der Waals surface area contributed by atoms with E-state index in [-0.39, 0.29) is 0 Å². The van der Waals surface area contributed by atoms with Crippen molar-refractivity contribution in [3.05, 3.63) is 0 Å². The fourth-order valence-electron chi connectivity index (χ4n) is 2.48. The number of hydrogen-bond acceptors (Lipinski definition) is 1. The molecule has 18 heavy (non-hydrogen) atoms. The van der Waals surface area contributed by atoms with E-state index in [1.807, 2.05) is 0 Å². The maximum Gasteiger partial charge on any atom is 0.00902 e. The van der Waals surface area contributed by atoms with Gasteiger partial charge in [-0.05, 0) is 30.1 Å². The summed E-state index contributed by atoms with van der Waals surface area (Å²) in [5.41, 5.74) is 0.380. The molecule has 0 aromatic heterocycles. The highest BCUT2D eigenvalue weighted by Gasteiger charge is 2.28. The lowest BCUT2D eigenvalue weighted by Crippen LogP contribution is -2.43. The van der Waals surface area contributed by atoms with Crippen molar-refractivity contribution in [3.8, 4) is 0 Å². The van der Waals surface area contributed by atoms with E-state index >= 15 is 0 Å². The van der Waals surface area contributed by atoms with Crippen LogP contribution < -0.4 is 0 Å². The minimum absolute atomic E-state index is 0.380. The zero-order valence-corrected chi connectivity index (χ0v) is 15.2. The molecule has 0 bridgehead atoms. The minimum Gasteiger partial charge on any atom is -0.300 e. The van der Waals surface area contributed by atoms with Gasteiger partial charge >= 0.3 is 0 Å². The van der Waals surface area contributed by atoms with E-state index in [4.69, 9.17) is 0 Å². The Kier molecular flexibility index (Phi) is 8.79. The summed E-state index contributed by atoms with van der Waals surface area (Å²) in [6.07, 6.45) is 2.53. The molecule has 0 aromatic carbocycles. The van der Waals surface area contributed by atoms with Crippen LogP contribution in [-0.4, -0.2) is 29.4 Å². The highest BCUT2D eigenvalue weighted by atomic mass is 79.9. The van der Waals surface area contributed by atoms with Gasteiger partial charge in [-0.15, -0.1) is 0 Å². The van der Waals surface area contributed by atoms with Crippen molar-refractivity contribution in [1.29, 1.82) is 0 Å². The molecule has 0 aromatic rings. The van der Waals surface area contributed by atoms with Crippen LogP contribution >= 0.6 is 15.9 Å². The zero-order valence-electron chi connectivity index (χ0n) is 13.6. The van der Waals surface area contributed by atoms with Crippen molar-refractivity contribution < 1.29 is 0 Å². The van der Waals surface area contributed by atoms with Crippen LogP contribution in [0.15, 0.2) is 0 Å². The summed E-state index contributed by atoms with van der Waals surface area (Å²) in [5.74, 6) is 1.47. The Morgan fingerprint density at radius 1 is 1.00 bits per heavy atom. The zero-order chi connectivity index (χ0) is 14.3. The Balaban J connectivity index is 4.75. The first-order valence-corrected chi connectivity index (χ1v) is 8.68. The van der Waals surface area contributed by atoms with E-state index in [2.05, 4.69) is 69.3 Å². The fraction of sp³-hybridized carbons (Fsp3) is 1.00. The molecule has 0 spiro atoms. The van der Waals surface area contributed by atoms with Gasteiger partial charge in [-0.1, -0.05) is 64.4 Å². The molecule has 0 saturated carbocycles. The molecule has 2 heteroatoms. The van der Waals surface area contributed by atoms with Gasteiger partial charge in [-0.2, -0.15) is 0 Å². The lowest BCUT2D eigenvalue weighted by atomic mass is 9.81. The number of rotatable bonds is 8. The van der Waals surface area contributed by atoms with Gasteiger partial charge < -0.3 is 0 Å². The predicted molar refractivity (Wildman–Crippen MR) is 87.5 cm³/mol. The van der Waals surface area contributed by atoms with Crippen molar-refractivity contribution in [3.63, 3.8) is 0 Å². The molecule has 0 saturated heterocycles. The summed E-state index contributed by atoms with van der Waals surface area (Å²) in [4.78, 5) is 2.72. The summed E-state index contributed by atoms with van der Waals surface area (Å²) < 4.78 is 0. The molecule has 1 atom stereocenters. The van der Waals surface area contributed by atoms with E-state index in [1.54, 1.807) is 0 Å². The molecule has 0 radical (unpaired) electrons. The Morgan fingerprint density at radius 2 is 1.50 bits per heavy atom. The average molecular weight is 320 g/mol. The van der Waals surface area contributed by atoms with Gasteiger partial charge in [0, 0.05) is 24.5 Å². The quantitative estimate of drug-likeness (QED) is 0.556. The van der Waals surface area contributed by atoms with Gasteiger partial charge in [0.25, 0.3) is 0 Å². The summed E-state index contributed by atoms with van der Waals surface area (Å²) in [6, 6.07) is 0.747. The Labute approximate surface area is 124 Å². The van der Waals surface area contributed by atoms with Crippen molar-refractivity contribution in [2.75, 3.05) is 18.4 Å². The monoisotopic (exact) mass is 319 g/mol. The highest BCUT2D eigenvalue weighted by molar-refractivity contribution is 9.09. The summed E-state index contributed by atoms with van der Waals surface area (Å²) in [6.45, 7) is 18.8. The molecule has 0 fully saturated rings. The summed E-state index contributed by atoms with van der Waals surface area (Å²) in [5, 5.41) is 1.10. The van der Waals surface area contributed by atoms with Crippen molar-refractivity contribution >= 4 is 15.9 Å². The van der Waals surface area contributed by atoms with Gasteiger partial charge in [0.2, 0.25) is 0 Å². The number of nitrogens with zero attached hydrogens (tertiary/aromatic N) is 1. The topological polar surface area (TPSA) is 3.24 Å². The highest BCUT2D eigenvalue weighted by Crippen LogP contribution is 2.29. The first-order chi connectivity index (χ1) is 8.26. The largest absolute Gasteiger partial charge is 0.300 e. The average Bonchev–Trinajstić information content (AvgIpc) is 2.24. The third kappa shape index (κ3) is 6.56. The molecule has 0 aliphatic rings. The standard InChI is InChI=1S/C16H34BrN/c1-8-15(9-2)18(11-13(3)4)12-14(10-17)16(5,6)7/h13-15H,8-12H2,1-7H3. The molecule has 0 aliphatic carbocycles. The lowest BCUT2D eigenvalue weighted by Gasteiger charge is -2.39. The van der Waals surface area contributed by atoms with Crippen molar-refractivity contribution in [2.24, 2.45) is 17.3 Å². The normalized spacial score (nSPS) is 14.8. The number of alkyl halides is 1. The van der Waals surface area contributed by atoms with Crippen LogP contribution in [0.3, 0.4) is 0 Å². The lowest BCUT2D eigenvalue weighted by molar-refractivity contribution is 0.108. The Hall–Kier alpha value is 0.440. The van der Waals surface area contributed by atoms with Crippen LogP contribution in [0.4, 0.5) is 0 Å². The summed E-state index contributed by atoms with van der Waals surface area (Å²) >= 11 is 3.71. The maximum atomic E-state index is 3.71. The first kappa shape index (κ1) is 18.4. The number of hydrogen-bond donors (Lipinski definition) is 0. The molecular formula is C16H34BrN.